The maximum absolute atomic E-state index is 10.2. The second kappa shape index (κ2) is 8.23. The van der Waals surface area contributed by atoms with Crippen molar-refractivity contribution in [1.29, 1.82) is 0 Å². The molecule has 0 radical (unpaired) electrons. The first-order chi connectivity index (χ1) is 12.6. The van der Waals surface area contributed by atoms with Crippen molar-refractivity contribution >= 4 is 17.0 Å². The normalized spacial score (nSPS) is 25.9. The molecule has 10 heteroatoms. The molecule has 0 amide bonds. The monoisotopic (exact) mass is 366 g/mol. The summed E-state index contributed by atoms with van der Waals surface area (Å²) < 4.78 is 7.13. The lowest BCUT2D eigenvalue weighted by atomic mass is 10.1. The Morgan fingerprint density at radius 3 is 2.69 bits per heavy atom. The number of unbranched alkanes of at least 4 members (excludes halogenated alkanes) is 2. The third kappa shape index (κ3) is 3.51. The molecule has 144 valence electrons. The van der Waals surface area contributed by atoms with Crippen molar-refractivity contribution in [2.45, 2.75) is 43.8 Å². The third-order valence-electron chi connectivity index (χ3n) is 4.69. The van der Waals surface area contributed by atoms with Gasteiger partial charge in [-0.25, -0.2) is 15.0 Å². The molecule has 1 saturated heterocycles. The van der Waals surface area contributed by atoms with Gasteiger partial charge < -0.3 is 30.7 Å². The van der Waals surface area contributed by atoms with Crippen LogP contribution in [-0.2, 0) is 4.74 Å². The predicted molar refractivity (Wildman–Crippen MR) is 94.5 cm³/mol. The van der Waals surface area contributed by atoms with Gasteiger partial charge in [0.05, 0.1) is 12.9 Å². The van der Waals surface area contributed by atoms with Crippen LogP contribution in [0.2, 0.25) is 0 Å². The summed E-state index contributed by atoms with van der Waals surface area (Å²) in [6.07, 6.45) is 1.90. The summed E-state index contributed by atoms with van der Waals surface area (Å²) in [5.74, 6) is 0.688. The van der Waals surface area contributed by atoms with Crippen LogP contribution < -0.4 is 10.6 Å². The highest BCUT2D eigenvalue weighted by Crippen LogP contribution is 2.32. The Kier molecular flexibility index (Phi) is 5.99. The number of aliphatic hydroxyl groups excluding tert-OH is 3. The molecule has 0 aliphatic carbocycles. The molecule has 2 aromatic heterocycles. The SMILES string of the molecule is CN(CCCCCN)c1ncnc2c1ncn2C1O[C@H](CO)[C@@H](O)[C@H]1O. The van der Waals surface area contributed by atoms with Gasteiger partial charge >= 0.3 is 0 Å². The number of imidazole rings is 1. The molecule has 3 rings (SSSR count). The van der Waals surface area contributed by atoms with Crippen molar-refractivity contribution in [3.05, 3.63) is 12.7 Å². The highest BCUT2D eigenvalue weighted by molar-refractivity contribution is 5.83. The molecule has 1 aliphatic rings. The number of anilines is 1. The van der Waals surface area contributed by atoms with Crippen LogP contribution in [-0.4, -0.2) is 79.9 Å². The minimum absolute atomic E-state index is 0.382. The third-order valence-corrected chi connectivity index (χ3v) is 4.69. The van der Waals surface area contributed by atoms with E-state index in [2.05, 4.69) is 15.0 Å². The summed E-state index contributed by atoms with van der Waals surface area (Å²) in [5, 5.41) is 29.5. The smallest absolute Gasteiger partial charge is 0.167 e. The van der Waals surface area contributed by atoms with Crippen molar-refractivity contribution in [1.82, 2.24) is 19.5 Å². The van der Waals surface area contributed by atoms with Crippen LogP contribution in [0.3, 0.4) is 0 Å². The van der Waals surface area contributed by atoms with E-state index >= 15 is 0 Å². The van der Waals surface area contributed by atoms with Crippen LogP contribution in [0.5, 0.6) is 0 Å². The Morgan fingerprint density at radius 1 is 1.19 bits per heavy atom. The van der Waals surface area contributed by atoms with E-state index in [0.29, 0.717) is 23.5 Å². The summed E-state index contributed by atoms with van der Waals surface area (Å²) in [6.45, 7) is 1.12. The Morgan fingerprint density at radius 2 is 2.00 bits per heavy atom. The molecule has 1 unspecified atom stereocenters. The number of aromatic nitrogens is 4. The molecule has 2 aromatic rings. The average molecular weight is 366 g/mol. The lowest BCUT2D eigenvalue weighted by Gasteiger charge is -2.19. The fraction of sp³-hybridized carbons (Fsp3) is 0.688. The first kappa shape index (κ1) is 18.9. The van der Waals surface area contributed by atoms with Gasteiger partial charge in [0.15, 0.2) is 23.2 Å². The van der Waals surface area contributed by atoms with Crippen LogP contribution in [0.15, 0.2) is 12.7 Å². The van der Waals surface area contributed by atoms with Gasteiger partial charge in [0.25, 0.3) is 0 Å². The first-order valence-corrected chi connectivity index (χ1v) is 8.79. The highest BCUT2D eigenvalue weighted by Gasteiger charge is 2.44. The lowest BCUT2D eigenvalue weighted by Crippen LogP contribution is -2.33. The van der Waals surface area contributed by atoms with Crippen molar-refractivity contribution in [2.75, 3.05) is 31.6 Å². The number of nitrogens with two attached hydrogens (primary N) is 1. The van der Waals surface area contributed by atoms with Gasteiger partial charge in [0, 0.05) is 13.6 Å². The number of rotatable bonds is 8. The molecular weight excluding hydrogens is 340 g/mol. The number of hydrogen-bond acceptors (Lipinski definition) is 9. The van der Waals surface area contributed by atoms with Gasteiger partial charge in [-0.1, -0.05) is 6.42 Å². The summed E-state index contributed by atoms with van der Waals surface area (Å²) in [5.41, 5.74) is 6.61. The molecule has 10 nitrogen and oxygen atoms in total. The van der Waals surface area contributed by atoms with Gasteiger partial charge in [0.2, 0.25) is 0 Å². The van der Waals surface area contributed by atoms with Gasteiger partial charge in [-0.3, -0.25) is 4.57 Å². The minimum atomic E-state index is -1.18. The van der Waals surface area contributed by atoms with Crippen LogP contribution in [0.1, 0.15) is 25.5 Å². The number of hydrogen-bond donors (Lipinski definition) is 4. The molecule has 0 saturated carbocycles. The quantitative estimate of drug-likeness (QED) is 0.433. The molecule has 1 aliphatic heterocycles. The molecule has 0 spiro atoms. The summed E-state index contributed by atoms with van der Waals surface area (Å²) >= 11 is 0. The van der Waals surface area contributed by atoms with Crippen LogP contribution in [0, 0.1) is 0 Å². The van der Waals surface area contributed by atoms with E-state index < -0.39 is 24.5 Å². The van der Waals surface area contributed by atoms with E-state index in [1.54, 1.807) is 4.57 Å². The standard InChI is InChI=1S/C16H26N6O4/c1-21(6-4-2-3-5-17)14-11-15(19-8-18-14)22(9-20-11)16-13(25)12(24)10(7-23)26-16/h8-10,12-13,16,23-25H,2-7,17H2,1H3/t10-,12-,13-,16?/m1/s1. The molecule has 0 bridgehead atoms. The largest absolute Gasteiger partial charge is 0.394 e. The van der Waals surface area contributed by atoms with E-state index in [4.69, 9.17) is 10.5 Å². The number of ether oxygens (including phenoxy) is 1. The molecule has 0 aromatic carbocycles. The molecule has 4 atom stereocenters. The lowest BCUT2D eigenvalue weighted by molar-refractivity contribution is -0.0511. The fourth-order valence-corrected chi connectivity index (χ4v) is 3.19. The number of fused-ring (bicyclic) bond motifs is 1. The van der Waals surface area contributed by atoms with Crippen molar-refractivity contribution < 1.29 is 20.1 Å². The van der Waals surface area contributed by atoms with Crippen molar-refractivity contribution in [3.63, 3.8) is 0 Å². The van der Waals surface area contributed by atoms with Gasteiger partial charge in [-0.2, -0.15) is 0 Å². The Balaban J connectivity index is 1.83. The predicted octanol–water partition coefficient (Wildman–Crippen LogP) is -0.997. The molecule has 3 heterocycles. The summed E-state index contributed by atoms with van der Waals surface area (Å²) in [4.78, 5) is 15.0. The second-order valence-corrected chi connectivity index (χ2v) is 6.52. The zero-order valence-electron chi connectivity index (χ0n) is 14.8. The maximum Gasteiger partial charge on any atom is 0.167 e. The summed E-state index contributed by atoms with van der Waals surface area (Å²) in [7, 11) is 1.94. The Labute approximate surface area is 151 Å². The topological polar surface area (TPSA) is 143 Å². The molecule has 26 heavy (non-hydrogen) atoms. The fourth-order valence-electron chi connectivity index (χ4n) is 3.19. The second-order valence-electron chi connectivity index (χ2n) is 6.52. The summed E-state index contributed by atoms with van der Waals surface area (Å²) in [6, 6.07) is 0. The molecular formula is C16H26N6O4. The zero-order valence-corrected chi connectivity index (χ0v) is 14.8. The Hall–Kier alpha value is -1.85. The molecule has 5 N–H and O–H groups in total. The Bertz CT molecular complexity index is 726. The number of aliphatic hydroxyl groups is 3. The average Bonchev–Trinajstić information content (AvgIpc) is 3.20. The van der Waals surface area contributed by atoms with Crippen LogP contribution in [0.25, 0.3) is 11.2 Å². The zero-order chi connectivity index (χ0) is 18.7. The van der Waals surface area contributed by atoms with E-state index in [1.165, 1.54) is 12.7 Å². The first-order valence-electron chi connectivity index (χ1n) is 8.79. The van der Waals surface area contributed by atoms with Crippen molar-refractivity contribution in [2.24, 2.45) is 5.73 Å². The van der Waals surface area contributed by atoms with Gasteiger partial charge in [0.1, 0.15) is 24.6 Å². The number of nitrogens with zero attached hydrogens (tertiary/aromatic N) is 5. The van der Waals surface area contributed by atoms with E-state index in [9.17, 15) is 15.3 Å². The van der Waals surface area contributed by atoms with Crippen molar-refractivity contribution in [3.8, 4) is 0 Å². The maximum atomic E-state index is 10.2. The molecule has 1 fully saturated rings. The van der Waals surface area contributed by atoms with Gasteiger partial charge in [-0.05, 0) is 19.4 Å². The van der Waals surface area contributed by atoms with Gasteiger partial charge in [-0.15, -0.1) is 0 Å². The van der Waals surface area contributed by atoms with E-state index in [-0.39, 0.29) is 6.61 Å². The van der Waals surface area contributed by atoms with Crippen LogP contribution in [0.4, 0.5) is 5.82 Å². The minimum Gasteiger partial charge on any atom is -0.394 e. The van der Waals surface area contributed by atoms with Crippen LogP contribution >= 0.6 is 0 Å². The highest BCUT2D eigenvalue weighted by atomic mass is 16.6. The van der Waals surface area contributed by atoms with E-state index in [0.717, 1.165) is 25.8 Å². The van der Waals surface area contributed by atoms with E-state index in [1.807, 2.05) is 11.9 Å².